The molecule has 326 valence electrons. The molecule has 3 aliphatic heterocycles. The molecule has 2 saturated heterocycles. The van der Waals surface area contributed by atoms with Crippen LogP contribution in [0.1, 0.15) is 97.6 Å². The standard InChI is InChI=1S/C44H72N6O8/c1-12-28(4)38(49(8)37(27(2)3)41(53)47-43(55)44(6)20-15-22-48(44)7)35(56-9)26-36(51)50-23-14-17-34(50)39(57-10)29(5)40(52)46-33(42(54)58-11)25-30-18-19-32-31(24-30)16-13-21-45-32/h18-19,24,27-29,33-35,37-39,45H,12-17,20-23,25-26H2,1-11H3,(H,46,52)(H,47,53,55)/t28-,29+,33-,34-,35+,37-,38-,39+,44+/m0/s1. The second-order valence-corrected chi connectivity index (χ2v) is 17.4. The quantitative estimate of drug-likeness (QED) is 0.175. The molecule has 58 heavy (non-hydrogen) atoms. The van der Waals surface area contributed by atoms with Crippen molar-refractivity contribution in [3.05, 3.63) is 29.3 Å². The van der Waals surface area contributed by atoms with Gasteiger partial charge in [-0.15, -0.1) is 0 Å². The third-order valence-corrected chi connectivity index (χ3v) is 13.3. The van der Waals surface area contributed by atoms with Crippen molar-refractivity contribution in [1.29, 1.82) is 0 Å². The summed E-state index contributed by atoms with van der Waals surface area (Å²) in [6, 6.07) is 3.81. The lowest BCUT2D eigenvalue weighted by atomic mass is 9.87. The van der Waals surface area contributed by atoms with Crippen molar-refractivity contribution in [3.63, 3.8) is 0 Å². The smallest absolute Gasteiger partial charge is 0.328 e. The molecule has 9 atom stereocenters. The van der Waals surface area contributed by atoms with Gasteiger partial charge in [-0.05, 0) is 95.1 Å². The third kappa shape index (κ3) is 10.8. The number of amides is 4. The van der Waals surface area contributed by atoms with E-state index >= 15 is 0 Å². The number of esters is 1. The molecule has 14 heteroatoms. The van der Waals surface area contributed by atoms with E-state index in [0.717, 1.165) is 56.4 Å². The lowest BCUT2D eigenvalue weighted by Gasteiger charge is -2.43. The molecular formula is C44H72N6O8. The Labute approximate surface area is 346 Å². The van der Waals surface area contributed by atoms with E-state index in [4.69, 9.17) is 14.2 Å². The number of hydrogen-bond donors (Lipinski definition) is 3. The predicted octanol–water partition coefficient (Wildman–Crippen LogP) is 3.79. The van der Waals surface area contributed by atoms with Gasteiger partial charge in [-0.2, -0.15) is 0 Å². The van der Waals surface area contributed by atoms with Crippen LogP contribution >= 0.6 is 0 Å². The van der Waals surface area contributed by atoms with Gasteiger partial charge in [-0.25, -0.2) is 4.79 Å². The molecule has 3 N–H and O–H groups in total. The van der Waals surface area contributed by atoms with E-state index in [2.05, 4.69) is 35.9 Å². The first-order valence-corrected chi connectivity index (χ1v) is 21.4. The SMILES string of the molecule is CC[C@H](C)[C@@H]([C@@H](CC(=O)N1CCC[C@H]1[C@H](OC)[C@@H](C)C(=O)N[C@@H](Cc1ccc2c(c1)CCCN2)C(=O)OC)OC)N(C)[C@H](C(=O)NC(=O)[C@@]1(C)CCCN1C)C(C)C. The van der Waals surface area contributed by atoms with Crippen molar-refractivity contribution in [2.75, 3.05) is 60.4 Å². The van der Waals surface area contributed by atoms with Crippen molar-refractivity contribution in [2.45, 2.75) is 141 Å². The van der Waals surface area contributed by atoms with E-state index in [1.165, 1.54) is 12.7 Å². The number of fused-ring (bicyclic) bond motifs is 1. The fourth-order valence-corrected chi connectivity index (χ4v) is 9.57. The van der Waals surface area contributed by atoms with Gasteiger partial charge in [0.15, 0.2) is 0 Å². The Kier molecular flexibility index (Phi) is 17.1. The van der Waals surface area contributed by atoms with Crippen LogP contribution in [0.4, 0.5) is 5.69 Å². The summed E-state index contributed by atoms with van der Waals surface area (Å²) < 4.78 is 17.2. The van der Waals surface area contributed by atoms with Crippen molar-refractivity contribution in [2.24, 2.45) is 17.8 Å². The van der Waals surface area contributed by atoms with Crippen LogP contribution < -0.4 is 16.0 Å². The van der Waals surface area contributed by atoms with E-state index in [1.54, 1.807) is 26.0 Å². The van der Waals surface area contributed by atoms with E-state index < -0.39 is 41.7 Å². The number of aryl methyl sites for hydroxylation is 1. The van der Waals surface area contributed by atoms with Crippen LogP contribution in [0.2, 0.25) is 0 Å². The van der Waals surface area contributed by atoms with E-state index in [-0.39, 0.29) is 60.4 Å². The van der Waals surface area contributed by atoms with Crippen molar-refractivity contribution < 1.29 is 38.2 Å². The minimum Gasteiger partial charge on any atom is -0.467 e. The van der Waals surface area contributed by atoms with Crippen LogP contribution in [0.5, 0.6) is 0 Å². The Morgan fingerprint density at radius 3 is 2.33 bits per heavy atom. The van der Waals surface area contributed by atoms with E-state index in [0.29, 0.717) is 19.4 Å². The highest BCUT2D eigenvalue weighted by Gasteiger charge is 2.46. The Bertz CT molecular complexity index is 1590. The fourth-order valence-electron chi connectivity index (χ4n) is 9.57. The fraction of sp³-hybridized carbons (Fsp3) is 0.750. The normalized spacial score (nSPS) is 23.3. The molecule has 0 bridgehead atoms. The van der Waals surface area contributed by atoms with Gasteiger partial charge in [0.1, 0.15) is 6.04 Å². The van der Waals surface area contributed by atoms with Gasteiger partial charge in [-0.3, -0.25) is 34.3 Å². The number of likely N-dealkylation sites (N-methyl/N-ethyl adjacent to an activating group) is 2. The van der Waals surface area contributed by atoms with Crippen LogP contribution in [0.25, 0.3) is 0 Å². The van der Waals surface area contributed by atoms with Gasteiger partial charge in [0.05, 0.1) is 49.3 Å². The number of carbonyl (C=O) groups is 5. The molecule has 3 heterocycles. The first kappa shape index (κ1) is 47.1. The molecule has 0 spiro atoms. The van der Waals surface area contributed by atoms with Gasteiger partial charge < -0.3 is 29.7 Å². The number of likely N-dealkylation sites (tertiary alicyclic amines) is 2. The maximum atomic E-state index is 14.4. The first-order chi connectivity index (χ1) is 27.5. The zero-order chi connectivity index (χ0) is 42.9. The maximum absolute atomic E-state index is 14.4. The summed E-state index contributed by atoms with van der Waals surface area (Å²) in [5.74, 6) is -2.47. The zero-order valence-electron chi connectivity index (χ0n) is 37.0. The predicted molar refractivity (Wildman–Crippen MR) is 224 cm³/mol. The number of benzene rings is 1. The summed E-state index contributed by atoms with van der Waals surface area (Å²) in [7, 11) is 8.25. The molecule has 14 nitrogen and oxygen atoms in total. The Balaban J connectivity index is 1.48. The summed E-state index contributed by atoms with van der Waals surface area (Å²) in [4.78, 5) is 74.4. The number of hydrogen-bond acceptors (Lipinski definition) is 11. The van der Waals surface area contributed by atoms with Crippen molar-refractivity contribution >= 4 is 35.3 Å². The summed E-state index contributed by atoms with van der Waals surface area (Å²) in [6.07, 6.45) is 4.84. The minimum absolute atomic E-state index is 0.0385. The second kappa shape index (κ2) is 21.1. The second-order valence-electron chi connectivity index (χ2n) is 17.4. The number of ether oxygens (including phenoxy) is 3. The van der Waals surface area contributed by atoms with Crippen LogP contribution in [0.15, 0.2) is 18.2 Å². The summed E-state index contributed by atoms with van der Waals surface area (Å²) >= 11 is 0. The van der Waals surface area contributed by atoms with E-state index in [9.17, 15) is 24.0 Å². The highest BCUT2D eigenvalue weighted by Crippen LogP contribution is 2.32. The average Bonchev–Trinajstić information content (AvgIpc) is 3.83. The van der Waals surface area contributed by atoms with Crippen molar-refractivity contribution in [1.82, 2.24) is 25.3 Å². The number of anilines is 1. The minimum atomic E-state index is -0.896. The third-order valence-electron chi connectivity index (χ3n) is 13.3. The molecule has 0 unspecified atom stereocenters. The number of nitrogens with one attached hydrogen (secondary N) is 3. The van der Waals surface area contributed by atoms with Gasteiger partial charge >= 0.3 is 5.97 Å². The largest absolute Gasteiger partial charge is 0.467 e. The van der Waals surface area contributed by atoms with E-state index in [1.807, 2.05) is 56.8 Å². The molecule has 2 fully saturated rings. The van der Waals surface area contributed by atoms with Crippen LogP contribution in [-0.4, -0.2) is 141 Å². The molecular weight excluding hydrogens is 741 g/mol. The Hall–Kier alpha value is -3.59. The number of imide groups is 1. The van der Waals surface area contributed by atoms with Gasteiger partial charge in [0.25, 0.3) is 0 Å². The van der Waals surface area contributed by atoms with Crippen LogP contribution in [0, 0.1) is 17.8 Å². The molecule has 1 aromatic carbocycles. The lowest BCUT2D eigenvalue weighted by molar-refractivity contribution is -0.147. The monoisotopic (exact) mass is 813 g/mol. The van der Waals surface area contributed by atoms with Crippen LogP contribution in [-0.2, 0) is 51.0 Å². The number of nitrogens with zero attached hydrogens (tertiary/aromatic N) is 3. The molecule has 0 saturated carbocycles. The number of carbonyl (C=O) groups excluding carboxylic acids is 5. The molecule has 1 aromatic rings. The Morgan fingerprint density at radius 2 is 1.72 bits per heavy atom. The number of methoxy groups -OCH3 is 3. The maximum Gasteiger partial charge on any atom is 0.328 e. The highest BCUT2D eigenvalue weighted by atomic mass is 16.5. The summed E-state index contributed by atoms with van der Waals surface area (Å²) in [6.45, 7) is 14.0. The highest BCUT2D eigenvalue weighted by molar-refractivity contribution is 6.02. The van der Waals surface area contributed by atoms with Gasteiger partial charge in [0, 0.05) is 45.5 Å². The zero-order valence-corrected chi connectivity index (χ0v) is 37.0. The molecule has 0 aliphatic carbocycles. The van der Waals surface area contributed by atoms with Crippen molar-refractivity contribution in [3.8, 4) is 0 Å². The topological polar surface area (TPSA) is 159 Å². The summed E-state index contributed by atoms with van der Waals surface area (Å²) in [5.41, 5.74) is 2.46. The number of rotatable bonds is 19. The van der Waals surface area contributed by atoms with Gasteiger partial charge in [-0.1, -0.05) is 53.2 Å². The average molecular weight is 813 g/mol. The molecule has 4 amide bonds. The molecule has 0 aromatic heterocycles. The Morgan fingerprint density at radius 1 is 1.00 bits per heavy atom. The first-order valence-electron chi connectivity index (χ1n) is 21.4. The van der Waals surface area contributed by atoms with Crippen LogP contribution in [0.3, 0.4) is 0 Å². The molecule has 0 radical (unpaired) electrons. The lowest BCUT2D eigenvalue weighted by Crippen LogP contribution is -2.61. The summed E-state index contributed by atoms with van der Waals surface area (Å²) in [5, 5.41) is 9.08. The van der Waals surface area contributed by atoms with Gasteiger partial charge in [0.2, 0.25) is 23.6 Å². The molecule has 3 aliphatic rings. The molecule has 4 rings (SSSR count).